The normalized spacial score (nSPS) is 30.4. The highest BCUT2D eigenvalue weighted by molar-refractivity contribution is 5.72. The van der Waals surface area contributed by atoms with E-state index in [0.29, 0.717) is 0 Å². The van der Waals surface area contributed by atoms with Crippen LogP contribution < -0.4 is 11.5 Å². The molecule has 2 rings (SSSR count). The average molecular weight is 203 g/mol. The van der Waals surface area contributed by atoms with Gasteiger partial charge in [0.15, 0.2) is 0 Å². The van der Waals surface area contributed by atoms with E-state index in [0.717, 1.165) is 11.3 Å². The summed E-state index contributed by atoms with van der Waals surface area (Å²) in [5, 5.41) is 0. The predicted molar refractivity (Wildman–Crippen MR) is 63.1 cm³/mol. The second kappa shape index (κ2) is 3.36. The lowest BCUT2D eigenvalue weighted by molar-refractivity contribution is 0.712. The molecule has 3 heteroatoms. The highest BCUT2D eigenvalue weighted by Gasteiger charge is 2.22. The van der Waals surface area contributed by atoms with Gasteiger partial charge in [-0.2, -0.15) is 0 Å². The van der Waals surface area contributed by atoms with Gasteiger partial charge < -0.3 is 16.0 Å². The Labute approximate surface area is 90.1 Å². The topological polar surface area (TPSA) is 57.0 Å². The summed E-state index contributed by atoms with van der Waals surface area (Å²) in [6.45, 7) is 1.97. The summed E-state index contributed by atoms with van der Waals surface area (Å²) in [6.07, 6.45) is 7.95. The molecule has 1 aliphatic carbocycles. The Hall–Kier alpha value is -1.32. The summed E-state index contributed by atoms with van der Waals surface area (Å²) in [5.41, 5.74) is 13.9. The molecular formula is C12H17N3. The predicted octanol–water partition coefficient (Wildman–Crippen LogP) is 1.02. The number of aryl methyl sites for hydroxylation is 1. The van der Waals surface area contributed by atoms with Gasteiger partial charge in [0.2, 0.25) is 0 Å². The number of aromatic nitrogens is 1. The molecule has 0 amide bonds. The Morgan fingerprint density at radius 2 is 2.20 bits per heavy atom. The molecule has 0 aliphatic heterocycles. The van der Waals surface area contributed by atoms with E-state index in [9.17, 15) is 0 Å². The lowest BCUT2D eigenvalue weighted by Gasteiger charge is -2.26. The smallest absolute Gasteiger partial charge is 0.0504 e. The molecule has 1 aliphatic rings. The van der Waals surface area contributed by atoms with Crippen molar-refractivity contribution in [3.8, 4) is 0 Å². The number of nitrogens with zero attached hydrogens (tertiary/aromatic N) is 1. The molecule has 0 spiro atoms. The number of hydrogen-bond donors (Lipinski definition) is 2. The number of hydrogen-bond acceptors (Lipinski definition) is 2. The van der Waals surface area contributed by atoms with Gasteiger partial charge in [-0.05, 0) is 24.6 Å². The van der Waals surface area contributed by atoms with Gasteiger partial charge in [0.25, 0.3) is 0 Å². The standard InChI is InChI=1S/C12H17N3/c1-12(14)6-5-10(13)9(8-12)11-4-3-7-15(11)2/h3-8,10H,13-14H2,1-2H3. The second-order valence-electron chi connectivity index (χ2n) is 4.35. The van der Waals surface area contributed by atoms with E-state index in [-0.39, 0.29) is 6.04 Å². The molecule has 2 unspecified atom stereocenters. The molecule has 3 nitrogen and oxygen atoms in total. The summed E-state index contributed by atoms with van der Waals surface area (Å²) in [7, 11) is 2.01. The van der Waals surface area contributed by atoms with Crippen LogP contribution in [-0.2, 0) is 7.05 Å². The van der Waals surface area contributed by atoms with Crippen molar-refractivity contribution in [1.29, 1.82) is 0 Å². The van der Waals surface area contributed by atoms with E-state index in [1.165, 1.54) is 0 Å². The summed E-state index contributed by atoms with van der Waals surface area (Å²) in [4.78, 5) is 0. The van der Waals surface area contributed by atoms with Gasteiger partial charge in [0.1, 0.15) is 0 Å². The molecule has 1 aromatic rings. The Morgan fingerprint density at radius 1 is 1.47 bits per heavy atom. The molecule has 0 bridgehead atoms. The van der Waals surface area contributed by atoms with Gasteiger partial charge in [0, 0.05) is 25.0 Å². The molecule has 1 aromatic heterocycles. The SMILES string of the molecule is Cn1cccc1C1=CC(C)(N)C=CC1N. The zero-order valence-electron chi connectivity index (χ0n) is 9.14. The van der Waals surface area contributed by atoms with E-state index >= 15 is 0 Å². The summed E-state index contributed by atoms with van der Waals surface area (Å²) in [5.74, 6) is 0. The van der Waals surface area contributed by atoms with E-state index in [2.05, 4.69) is 10.6 Å². The average Bonchev–Trinajstić information content (AvgIpc) is 2.56. The van der Waals surface area contributed by atoms with Crippen LogP contribution >= 0.6 is 0 Å². The highest BCUT2D eigenvalue weighted by atomic mass is 14.9. The molecule has 0 saturated carbocycles. The Balaban J connectivity index is 2.45. The van der Waals surface area contributed by atoms with Crippen molar-refractivity contribution in [2.45, 2.75) is 18.5 Å². The maximum absolute atomic E-state index is 6.06. The molecule has 0 radical (unpaired) electrons. The molecule has 0 fully saturated rings. The molecule has 4 N–H and O–H groups in total. The van der Waals surface area contributed by atoms with E-state index < -0.39 is 5.54 Å². The Kier molecular flexibility index (Phi) is 2.29. The van der Waals surface area contributed by atoms with Crippen molar-refractivity contribution in [3.63, 3.8) is 0 Å². The third kappa shape index (κ3) is 1.89. The van der Waals surface area contributed by atoms with Crippen LogP contribution in [0.15, 0.2) is 36.6 Å². The Morgan fingerprint density at radius 3 is 2.80 bits per heavy atom. The molecule has 0 saturated heterocycles. The van der Waals surface area contributed by atoms with E-state index in [1.807, 2.05) is 44.5 Å². The minimum absolute atomic E-state index is 0.0600. The van der Waals surface area contributed by atoms with Gasteiger partial charge in [-0.3, -0.25) is 0 Å². The van der Waals surface area contributed by atoms with Crippen LogP contribution in [0.5, 0.6) is 0 Å². The van der Waals surface area contributed by atoms with Gasteiger partial charge in [-0.1, -0.05) is 18.2 Å². The van der Waals surface area contributed by atoms with Crippen LogP contribution in [0.3, 0.4) is 0 Å². The van der Waals surface area contributed by atoms with Crippen LogP contribution in [0.2, 0.25) is 0 Å². The lowest BCUT2D eigenvalue weighted by Crippen LogP contribution is -2.37. The monoisotopic (exact) mass is 203 g/mol. The summed E-state index contributed by atoms with van der Waals surface area (Å²) in [6, 6.07) is 4.01. The fourth-order valence-electron chi connectivity index (χ4n) is 1.90. The highest BCUT2D eigenvalue weighted by Crippen LogP contribution is 2.25. The van der Waals surface area contributed by atoms with Gasteiger partial charge >= 0.3 is 0 Å². The van der Waals surface area contributed by atoms with Crippen LogP contribution in [0.25, 0.3) is 5.57 Å². The fourth-order valence-corrected chi connectivity index (χ4v) is 1.90. The van der Waals surface area contributed by atoms with Crippen molar-refractivity contribution < 1.29 is 0 Å². The lowest BCUT2D eigenvalue weighted by atomic mass is 9.88. The first kappa shape index (κ1) is 10.2. The second-order valence-corrected chi connectivity index (χ2v) is 4.35. The summed E-state index contributed by atoms with van der Waals surface area (Å²) < 4.78 is 2.06. The zero-order chi connectivity index (χ0) is 11.1. The molecule has 0 aromatic carbocycles. The third-order valence-corrected chi connectivity index (χ3v) is 2.73. The van der Waals surface area contributed by atoms with Crippen LogP contribution in [0.4, 0.5) is 0 Å². The van der Waals surface area contributed by atoms with E-state index in [1.54, 1.807) is 0 Å². The largest absolute Gasteiger partial charge is 0.351 e. The molecule has 15 heavy (non-hydrogen) atoms. The van der Waals surface area contributed by atoms with Crippen molar-refractivity contribution >= 4 is 5.57 Å². The maximum atomic E-state index is 6.06. The van der Waals surface area contributed by atoms with Gasteiger partial charge in [-0.15, -0.1) is 0 Å². The molecule has 1 heterocycles. The molecule has 2 atom stereocenters. The first-order valence-corrected chi connectivity index (χ1v) is 5.08. The summed E-state index contributed by atoms with van der Waals surface area (Å²) >= 11 is 0. The zero-order valence-corrected chi connectivity index (χ0v) is 9.14. The van der Waals surface area contributed by atoms with Crippen molar-refractivity contribution in [2.75, 3.05) is 0 Å². The van der Waals surface area contributed by atoms with Crippen LogP contribution in [0, 0.1) is 0 Å². The first-order chi connectivity index (χ1) is 6.99. The first-order valence-electron chi connectivity index (χ1n) is 5.08. The number of nitrogens with two attached hydrogens (primary N) is 2. The molecular weight excluding hydrogens is 186 g/mol. The van der Waals surface area contributed by atoms with Gasteiger partial charge in [0.05, 0.1) is 5.54 Å². The van der Waals surface area contributed by atoms with Gasteiger partial charge in [-0.25, -0.2) is 0 Å². The van der Waals surface area contributed by atoms with Crippen LogP contribution in [-0.4, -0.2) is 16.1 Å². The van der Waals surface area contributed by atoms with Crippen molar-refractivity contribution in [1.82, 2.24) is 4.57 Å². The fraction of sp³-hybridized carbons (Fsp3) is 0.333. The number of rotatable bonds is 1. The third-order valence-electron chi connectivity index (χ3n) is 2.73. The van der Waals surface area contributed by atoms with Crippen molar-refractivity contribution in [3.05, 3.63) is 42.3 Å². The maximum Gasteiger partial charge on any atom is 0.0504 e. The Bertz CT molecular complexity index is 424. The molecule has 80 valence electrons. The van der Waals surface area contributed by atoms with Crippen LogP contribution in [0.1, 0.15) is 12.6 Å². The minimum Gasteiger partial charge on any atom is -0.351 e. The van der Waals surface area contributed by atoms with E-state index in [4.69, 9.17) is 11.5 Å². The van der Waals surface area contributed by atoms with Crippen molar-refractivity contribution in [2.24, 2.45) is 18.5 Å². The minimum atomic E-state index is -0.393. The quantitative estimate of drug-likeness (QED) is 0.670.